The second-order valence-electron chi connectivity index (χ2n) is 11.1. The number of amides is 2. The zero-order valence-corrected chi connectivity index (χ0v) is 22.6. The number of carbonyl (C=O) groups is 2. The SMILES string of the molecule is CCc1ccc(OCC2CC2)c(C2NC(C)=C(C(=O)NC3CCC(NC(=O)[C@H](C)O)CC3)c3[nH]ccc32)c1. The second-order valence-corrected chi connectivity index (χ2v) is 11.1. The largest absolute Gasteiger partial charge is 0.493 e. The van der Waals surface area contributed by atoms with Crippen molar-refractivity contribution in [1.82, 2.24) is 20.9 Å². The molecule has 38 heavy (non-hydrogen) atoms. The first kappa shape index (κ1) is 26.4. The molecule has 2 fully saturated rings. The smallest absolute Gasteiger partial charge is 0.255 e. The first-order valence-electron chi connectivity index (χ1n) is 14.0. The molecule has 2 aromatic rings. The molecule has 1 aliphatic heterocycles. The quantitative estimate of drug-likeness (QED) is 0.346. The van der Waals surface area contributed by atoms with Crippen LogP contribution in [-0.4, -0.2) is 46.7 Å². The molecule has 204 valence electrons. The number of aromatic nitrogens is 1. The lowest BCUT2D eigenvalue weighted by Gasteiger charge is -2.32. The topological polar surface area (TPSA) is 115 Å². The Balaban J connectivity index is 1.30. The van der Waals surface area contributed by atoms with Crippen molar-refractivity contribution in [2.24, 2.45) is 5.92 Å². The highest BCUT2D eigenvalue weighted by molar-refractivity contribution is 6.20. The molecule has 8 heteroatoms. The third kappa shape index (κ3) is 5.75. The second kappa shape index (κ2) is 11.2. The van der Waals surface area contributed by atoms with E-state index in [0.29, 0.717) is 11.5 Å². The van der Waals surface area contributed by atoms with Crippen LogP contribution < -0.4 is 20.7 Å². The van der Waals surface area contributed by atoms with Crippen molar-refractivity contribution in [2.45, 2.75) is 89.9 Å². The first-order chi connectivity index (χ1) is 18.3. The van der Waals surface area contributed by atoms with E-state index < -0.39 is 6.10 Å². The monoisotopic (exact) mass is 520 g/mol. The van der Waals surface area contributed by atoms with Gasteiger partial charge in [-0.2, -0.15) is 0 Å². The summed E-state index contributed by atoms with van der Waals surface area (Å²) in [5, 5.41) is 19.2. The number of carbonyl (C=O) groups excluding carboxylic acids is 2. The summed E-state index contributed by atoms with van der Waals surface area (Å²) in [6, 6.07) is 8.47. The van der Waals surface area contributed by atoms with Gasteiger partial charge in [0.25, 0.3) is 5.91 Å². The number of fused-ring (bicyclic) bond motifs is 1. The van der Waals surface area contributed by atoms with Crippen molar-refractivity contribution < 1.29 is 19.4 Å². The number of H-pyrrole nitrogens is 1. The maximum Gasteiger partial charge on any atom is 0.255 e. The van der Waals surface area contributed by atoms with Crippen LogP contribution in [0.4, 0.5) is 0 Å². The van der Waals surface area contributed by atoms with E-state index in [1.807, 2.05) is 19.2 Å². The van der Waals surface area contributed by atoms with E-state index in [2.05, 4.69) is 46.1 Å². The lowest BCUT2D eigenvalue weighted by Crippen LogP contribution is -2.46. The number of hydrogen-bond acceptors (Lipinski definition) is 5. The number of rotatable bonds is 9. The van der Waals surface area contributed by atoms with Gasteiger partial charge in [0.15, 0.2) is 0 Å². The normalized spacial score (nSPS) is 23.7. The van der Waals surface area contributed by atoms with Crippen LogP contribution >= 0.6 is 0 Å². The molecule has 2 heterocycles. The van der Waals surface area contributed by atoms with Gasteiger partial charge in [0.1, 0.15) is 11.9 Å². The molecule has 0 bridgehead atoms. The van der Waals surface area contributed by atoms with Crippen molar-refractivity contribution in [3.63, 3.8) is 0 Å². The number of aliphatic hydroxyl groups is 1. The fraction of sp³-hybridized carbons (Fsp3) is 0.533. The molecule has 8 nitrogen and oxygen atoms in total. The summed E-state index contributed by atoms with van der Waals surface area (Å²) >= 11 is 0. The average molecular weight is 521 g/mol. The maximum atomic E-state index is 13.5. The molecule has 0 spiro atoms. The minimum Gasteiger partial charge on any atom is -0.493 e. The third-order valence-corrected chi connectivity index (χ3v) is 8.06. The van der Waals surface area contributed by atoms with Gasteiger partial charge in [-0.05, 0) is 88.5 Å². The first-order valence-corrected chi connectivity index (χ1v) is 14.0. The fourth-order valence-corrected chi connectivity index (χ4v) is 5.55. The Morgan fingerprint density at radius 2 is 1.76 bits per heavy atom. The van der Waals surface area contributed by atoms with E-state index in [4.69, 9.17) is 4.74 Å². The maximum absolute atomic E-state index is 13.5. The average Bonchev–Trinajstić information content (AvgIpc) is 3.62. The van der Waals surface area contributed by atoms with Gasteiger partial charge in [-0.3, -0.25) is 9.59 Å². The molecule has 0 radical (unpaired) electrons. The lowest BCUT2D eigenvalue weighted by atomic mass is 9.88. The summed E-state index contributed by atoms with van der Waals surface area (Å²) in [6.45, 7) is 6.33. The van der Waals surface area contributed by atoms with Gasteiger partial charge in [-0.15, -0.1) is 0 Å². The van der Waals surface area contributed by atoms with Gasteiger partial charge in [0.05, 0.1) is 23.9 Å². The van der Waals surface area contributed by atoms with Crippen molar-refractivity contribution in [2.75, 3.05) is 6.61 Å². The Bertz CT molecular complexity index is 1200. The van der Waals surface area contributed by atoms with E-state index in [9.17, 15) is 14.7 Å². The Labute approximate surface area is 224 Å². The minimum atomic E-state index is -1.01. The van der Waals surface area contributed by atoms with Gasteiger partial charge in [0, 0.05) is 35.1 Å². The van der Waals surface area contributed by atoms with Crippen LogP contribution in [0.5, 0.6) is 5.75 Å². The van der Waals surface area contributed by atoms with Crippen LogP contribution in [0.3, 0.4) is 0 Å². The zero-order chi connectivity index (χ0) is 26.8. The Morgan fingerprint density at radius 1 is 1.05 bits per heavy atom. The minimum absolute atomic E-state index is 0.0357. The standard InChI is InChI=1S/C30H40N4O4/c1-4-19-7-12-25(38-16-20-5-6-20)24(15-19)27-23-13-14-31-28(23)26(17(2)32-27)30(37)34-22-10-8-21(9-11-22)33-29(36)18(3)35/h7,12-15,18,20-22,27,31-32,35H,4-6,8-11,16H2,1-3H3,(H,33,36)(H,34,37)/t18-,21?,22?,27?/m0/s1. The van der Waals surface area contributed by atoms with Crippen LogP contribution in [0.15, 0.2) is 36.2 Å². The summed E-state index contributed by atoms with van der Waals surface area (Å²) in [5.41, 5.74) is 5.70. The molecule has 2 saturated carbocycles. The molecule has 3 aliphatic rings. The Hall–Kier alpha value is -3.26. The predicted molar refractivity (Wildman–Crippen MR) is 146 cm³/mol. The van der Waals surface area contributed by atoms with Crippen molar-refractivity contribution in [3.05, 3.63) is 58.5 Å². The molecule has 0 saturated heterocycles. The van der Waals surface area contributed by atoms with Crippen LogP contribution in [0, 0.1) is 5.92 Å². The van der Waals surface area contributed by atoms with Crippen molar-refractivity contribution in [1.29, 1.82) is 0 Å². The van der Waals surface area contributed by atoms with Crippen LogP contribution in [0.2, 0.25) is 0 Å². The van der Waals surface area contributed by atoms with E-state index in [0.717, 1.165) is 67.0 Å². The molecule has 2 atom stereocenters. The Morgan fingerprint density at radius 3 is 2.42 bits per heavy atom. The Kier molecular flexibility index (Phi) is 7.79. The molecule has 1 unspecified atom stereocenters. The number of aromatic amines is 1. The number of nitrogens with one attached hydrogen (secondary N) is 4. The number of allylic oxidation sites excluding steroid dienone is 1. The third-order valence-electron chi connectivity index (χ3n) is 8.06. The number of ether oxygens (including phenoxy) is 1. The molecular formula is C30H40N4O4. The lowest BCUT2D eigenvalue weighted by molar-refractivity contribution is -0.129. The van der Waals surface area contributed by atoms with E-state index in [1.54, 1.807) is 0 Å². The molecule has 1 aromatic heterocycles. The van der Waals surface area contributed by atoms with E-state index in [-0.39, 0.29) is 29.9 Å². The molecule has 5 rings (SSSR count). The molecule has 2 amide bonds. The molecule has 1 aromatic carbocycles. The summed E-state index contributed by atoms with van der Waals surface area (Å²) in [5.74, 6) is 1.13. The van der Waals surface area contributed by atoms with Crippen molar-refractivity contribution in [3.8, 4) is 5.75 Å². The van der Waals surface area contributed by atoms with Gasteiger partial charge in [-0.25, -0.2) is 0 Å². The number of aliphatic hydroxyl groups excluding tert-OH is 1. The fourth-order valence-electron chi connectivity index (χ4n) is 5.55. The van der Waals surface area contributed by atoms with E-state index in [1.165, 1.54) is 25.3 Å². The van der Waals surface area contributed by atoms with Crippen molar-refractivity contribution >= 4 is 17.4 Å². The molecular weight excluding hydrogens is 480 g/mol. The number of aryl methyl sites for hydroxylation is 1. The number of benzene rings is 1. The van der Waals surface area contributed by atoms with Gasteiger partial charge in [-0.1, -0.05) is 13.0 Å². The van der Waals surface area contributed by atoms with E-state index >= 15 is 0 Å². The van der Waals surface area contributed by atoms with Crippen LogP contribution in [-0.2, 0) is 16.0 Å². The predicted octanol–water partition coefficient (Wildman–Crippen LogP) is 3.71. The summed E-state index contributed by atoms with van der Waals surface area (Å²) < 4.78 is 6.28. The van der Waals surface area contributed by atoms with Gasteiger partial charge >= 0.3 is 0 Å². The number of hydrogen-bond donors (Lipinski definition) is 5. The summed E-state index contributed by atoms with van der Waals surface area (Å²) in [7, 11) is 0. The van der Waals surface area contributed by atoms with Crippen LogP contribution in [0.1, 0.15) is 87.7 Å². The highest BCUT2D eigenvalue weighted by atomic mass is 16.5. The zero-order valence-electron chi connectivity index (χ0n) is 22.6. The van der Waals surface area contributed by atoms with Gasteiger partial charge in [0.2, 0.25) is 5.91 Å². The molecule has 5 N–H and O–H groups in total. The summed E-state index contributed by atoms with van der Waals surface area (Å²) in [6.07, 6.45) is 7.41. The van der Waals surface area contributed by atoms with Gasteiger partial charge < -0.3 is 30.8 Å². The molecule has 2 aliphatic carbocycles. The highest BCUT2D eigenvalue weighted by Crippen LogP contribution is 2.40. The summed E-state index contributed by atoms with van der Waals surface area (Å²) in [4.78, 5) is 28.7. The highest BCUT2D eigenvalue weighted by Gasteiger charge is 2.34. The van der Waals surface area contributed by atoms with Crippen LogP contribution in [0.25, 0.3) is 5.57 Å².